The van der Waals surface area contributed by atoms with Crippen LogP contribution in [0.5, 0.6) is 0 Å². The molecule has 4 atom stereocenters. The molecule has 0 aliphatic carbocycles. The third kappa shape index (κ3) is 7.80. The molecular weight excluding hydrogens is 395 g/mol. The second-order valence-electron chi connectivity index (χ2n) is 3.94. The molecule has 0 aliphatic rings. The van der Waals surface area contributed by atoms with Gasteiger partial charge in [-0.15, -0.1) is 3.89 Å². The van der Waals surface area contributed by atoms with Crippen molar-refractivity contribution in [3.05, 3.63) is 0 Å². The molecule has 4 unspecified atom stereocenters. The SMILES string of the molecule is CC(C(=O)OSF)C(SF)C(SF)C(CCCSF)SF. The van der Waals surface area contributed by atoms with E-state index in [2.05, 4.69) is 4.18 Å². The van der Waals surface area contributed by atoms with Gasteiger partial charge in [0.25, 0.3) is 12.4 Å². The first kappa shape index (κ1) is 21.9. The van der Waals surface area contributed by atoms with E-state index in [4.69, 9.17) is 0 Å². The van der Waals surface area contributed by atoms with Crippen LogP contribution in [0.4, 0.5) is 19.4 Å². The van der Waals surface area contributed by atoms with Crippen molar-refractivity contribution in [2.24, 2.45) is 5.92 Å². The zero-order chi connectivity index (χ0) is 16.3. The van der Waals surface area contributed by atoms with Crippen molar-refractivity contribution in [1.82, 2.24) is 0 Å². The zero-order valence-electron chi connectivity index (χ0n) is 10.7. The second-order valence-corrected chi connectivity index (χ2v) is 7.09. The second kappa shape index (κ2) is 13.3. The fraction of sp³-hybridized carbons (Fsp3) is 0.889. The molecule has 0 rings (SSSR count). The molecule has 0 radical (unpaired) electrons. The Bertz CT molecular complexity index is 291. The van der Waals surface area contributed by atoms with Gasteiger partial charge in [-0.25, -0.2) is 0 Å². The van der Waals surface area contributed by atoms with Gasteiger partial charge in [0.2, 0.25) is 0 Å². The van der Waals surface area contributed by atoms with E-state index < -0.39 is 40.1 Å². The fourth-order valence-electron chi connectivity index (χ4n) is 1.57. The molecule has 21 heavy (non-hydrogen) atoms. The molecule has 0 aliphatic heterocycles. The van der Waals surface area contributed by atoms with Gasteiger partial charge < -0.3 is 4.18 Å². The molecule has 12 heteroatoms. The van der Waals surface area contributed by atoms with Crippen LogP contribution in [-0.4, -0.2) is 27.5 Å². The van der Waals surface area contributed by atoms with Crippen LogP contribution >= 0.6 is 61.0 Å². The first-order valence-corrected chi connectivity index (χ1v) is 9.48. The topological polar surface area (TPSA) is 26.3 Å². The lowest BCUT2D eigenvalue weighted by Gasteiger charge is -2.28. The number of carbonyl (C=O) groups excluding carboxylic acids is 1. The van der Waals surface area contributed by atoms with Gasteiger partial charge in [0.15, 0.2) is 0 Å². The van der Waals surface area contributed by atoms with Crippen molar-refractivity contribution in [2.45, 2.75) is 35.5 Å². The van der Waals surface area contributed by atoms with E-state index in [0.717, 1.165) is 0 Å². The Labute approximate surface area is 142 Å². The Morgan fingerprint density at radius 1 is 1.05 bits per heavy atom. The van der Waals surface area contributed by atoms with Crippen LogP contribution in [0.2, 0.25) is 0 Å². The van der Waals surface area contributed by atoms with Gasteiger partial charge in [0.1, 0.15) is 0 Å². The minimum atomic E-state index is -1.24. The number of hydrogen-bond donors (Lipinski definition) is 0. The molecule has 0 saturated carbocycles. The molecule has 0 saturated heterocycles. The average Bonchev–Trinajstić information content (AvgIpc) is 2.49. The molecule has 0 aromatic rings. The van der Waals surface area contributed by atoms with E-state index in [1.54, 1.807) is 0 Å². The predicted octanol–water partition coefficient (Wildman–Crippen LogP) is 6.06. The van der Waals surface area contributed by atoms with E-state index in [1.807, 2.05) is 0 Å². The van der Waals surface area contributed by atoms with Gasteiger partial charge in [0, 0.05) is 42.2 Å². The van der Waals surface area contributed by atoms with E-state index >= 15 is 0 Å². The maximum atomic E-state index is 13.1. The molecular formula is C9H13F5O2S5. The Balaban J connectivity index is 4.84. The Hall–Kier alpha value is 0.870. The first-order valence-electron chi connectivity index (χ1n) is 5.62. The largest absolute Gasteiger partial charge is 0.360 e. The molecule has 0 spiro atoms. The van der Waals surface area contributed by atoms with Crippen molar-refractivity contribution in [2.75, 3.05) is 5.75 Å². The summed E-state index contributed by atoms with van der Waals surface area (Å²) in [7, 11) is 0. The van der Waals surface area contributed by atoms with E-state index in [-0.39, 0.29) is 67.2 Å². The highest BCUT2D eigenvalue weighted by Crippen LogP contribution is 2.40. The molecule has 0 heterocycles. The summed E-state index contributed by atoms with van der Waals surface area (Å²) < 4.78 is 67.0. The van der Waals surface area contributed by atoms with Crippen LogP contribution in [0.15, 0.2) is 0 Å². The van der Waals surface area contributed by atoms with Crippen LogP contribution in [0.3, 0.4) is 0 Å². The molecule has 0 aromatic carbocycles. The van der Waals surface area contributed by atoms with Crippen LogP contribution in [0.25, 0.3) is 0 Å². The van der Waals surface area contributed by atoms with Gasteiger partial charge >= 0.3 is 5.97 Å². The molecule has 126 valence electrons. The van der Waals surface area contributed by atoms with Crippen LogP contribution in [0, 0.1) is 5.92 Å². The third-order valence-corrected chi connectivity index (χ3v) is 6.21. The van der Waals surface area contributed by atoms with Crippen molar-refractivity contribution in [3.8, 4) is 0 Å². The zero-order valence-corrected chi connectivity index (χ0v) is 14.8. The summed E-state index contributed by atoms with van der Waals surface area (Å²) >= 11 is -1.36. The van der Waals surface area contributed by atoms with E-state index in [0.29, 0.717) is 0 Å². The van der Waals surface area contributed by atoms with Crippen LogP contribution in [0.1, 0.15) is 19.8 Å². The molecule has 0 amide bonds. The van der Waals surface area contributed by atoms with Crippen molar-refractivity contribution < 1.29 is 28.4 Å². The maximum absolute atomic E-state index is 13.1. The average molecular weight is 409 g/mol. The summed E-state index contributed by atoms with van der Waals surface area (Å²) in [6, 6.07) is 0. The van der Waals surface area contributed by atoms with Gasteiger partial charge in [0.05, 0.1) is 33.8 Å². The Morgan fingerprint density at radius 2 is 1.67 bits per heavy atom. The highest BCUT2D eigenvalue weighted by Gasteiger charge is 2.40. The highest BCUT2D eigenvalue weighted by atomic mass is 32.2. The molecule has 0 bridgehead atoms. The van der Waals surface area contributed by atoms with E-state index in [1.165, 1.54) is 6.92 Å². The van der Waals surface area contributed by atoms with Gasteiger partial charge in [-0.2, -0.15) is 15.5 Å². The first-order chi connectivity index (χ1) is 10.1. The normalized spacial score (nSPS) is 17.0. The van der Waals surface area contributed by atoms with Crippen molar-refractivity contribution >= 4 is 67.0 Å². The minimum Gasteiger partial charge on any atom is -0.360 e. The van der Waals surface area contributed by atoms with Gasteiger partial charge in [-0.1, -0.05) is 6.92 Å². The number of rotatable bonds is 12. The number of hydrogen-bond acceptors (Lipinski definition) is 7. The van der Waals surface area contributed by atoms with Gasteiger partial charge in [-0.3, -0.25) is 4.79 Å². The summed E-state index contributed by atoms with van der Waals surface area (Å²) in [6.45, 7) is 1.25. The highest BCUT2D eigenvalue weighted by molar-refractivity contribution is 8.01. The smallest absolute Gasteiger partial charge is 0.324 e. The van der Waals surface area contributed by atoms with Crippen LogP contribution < -0.4 is 0 Å². The lowest BCUT2D eigenvalue weighted by atomic mass is 10.0. The van der Waals surface area contributed by atoms with Gasteiger partial charge in [-0.05, 0) is 12.8 Å². The Morgan fingerprint density at radius 3 is 2.10 bits per heavy atom. The molecule has 2 nitrogen and oxygen atoms in total. The summed E-state index contributed by atoms with van der Waals surface area (Å²) in [4.78, 5) is 11.4. The number of halogens is 5. The van der Waals surface area contributed by atoms with Crippen LogP contribution in [-0.2, 0) is 8.98 Å². The van der Waals surface area contributed by atoms with Crippen molar-refractivity contribution in [3.63, 3.8) is 0 Å². The standard InChI is InChI=1S/C9H13F5O2S5/c1-5(9(15)16-21-14)7(19-12)8(20-13)6(18-11)3-2-4-17-10/h5-8H,2-4H2,1H3. The lowest BCUT2D eigenvalue weighted by Crippen LogP contribution is -2.37. The summed E-state index contributed by atoms with van der Waals surface area (Å²) in [6.07, 6.45) is 0.402. The quantitative estimate of drug-likeness (QED) is 0.220. The minimum absolute atomic E-state index is 0.0753. The summed E-state index contributed by atoms with van der Waals surface area (Å²) in [5, 5.41) is -3.38. The molecule has 0 fully saturated rings. The summed E-state index contributed by atoms with van der Waals surface area (Å²) in [5.41, 5.74) is 0. The maximum Gasteiger partial charge on any atom is 0.324 e. The summed E-state index contributed by atoms with van der Waals surface area (Å²) in [5.74, 6) is -2.11. The van der Waals surface area contributed by atoms with Crippen molar-refractivity contribution in [1.29, 1.82) is 0 Å². The molecule has 0 aromatic heterocycles. The lowest BCUT2D eigenvalue weighted by molar-refractivity contribution is -0.137. The fourth-order valence-corrected chi connectivity index (χ4v) is 4.34. The Kier molecular flexibility index (Phi) is 13.9. The molecule has 0 N–H and O–H groups in total. The van der Waals surface area contributed by atoms with E-state index in [9.17, 15) is 24.2 Å². The third-order valence-electron chi connectivity index (χ3n) is 2.70. The number of carbonyl (C=O) groups is 1. The monoisotopic (exact) mass is 408 g/mol. The predicted molar refractivity (Wildman–Crippen MR) is 84.2 cm³/mol.